The minimum absolute atomic E-state index is 0.201. The van der Waals surface area contributed by atoms with Crippen LogP contribution in [0.25, 0.3) is 0 Å². The minimum atomic E-state index is -0.603. The number of aryl methyl sites for hydroxylation is 1. The summed E-state index contributed by atoms with van der Waals surface area (Å²) in [4.78, 5) is 28.1. The molecule has 2 amide bonds. The molecule has 1 aromatic heterocycles. The van der Waals surface area contributed by atoms with Crippen molar-refractivity contribution in [2.24, 2.45) is 5.92 Å². The Kier molecular flexibility index (Phi) is 6.62. The molecule has 116 valence electrons. The Labute approximate surface area is 130 Å². The fourth-order valence-corrected chi connectivity index (χ4v) is 1.89. The highest BCUT2D eigenvalue weighted by Gasteiger charge is 2.17. The van der Waals surface area contributed by atoms with E-state index >= 15 is 0 Å². The maximum atomic E-state index is 12.1. The Morgan fingerprint density at radius 1 is 1.29 bits per heavy atom. The zero-order chi connectivity index (χ0) is 16.0. The van der Waals surface area contributed by atoms with Gasteiger partial charge >= 0.3 is 0 Å². The minimum Gasteiger partial charge on any atom is -0.354 e. The smallest absolute Gasteiger partial charge is 0.252 e. The fraction of sp³-hybridized carbons (Fsp3) is 0.533. The summed E-state index contributed by atoms with van der Waals surface area (Å²) in [5, 5.41) is 5.72. The van der Waals surface area contributed by atoms with Crippen LogP contribution in [-0.2, 0) is 11.2 Å². The van der Waals surface area contributed by atoms with Gasteiger partial charge in [-0.15, -0.1) is 0 Å². The van der Waals surface area contributed by atoms with Crippen molar-refractivity contribution < 1.29 is 9.59 Å². The number of carbonyl (C=O) groups is 2. The lowest BCUT2D eigenvalue weighted by Crippen LogP contribution is -2.45. The van der Waals surface area contributed by atoms with E-state index in [0.29, 0.717) is 24.4 Å². The fourth-order valence-electron chi connectivity index (χ4n) is 1.67. The summed E-state index contributed by atoms with van der Waals surface area (Å²) in [5.74, 6) is -0.169. The number of halogens is 1. The molecule has 1 unspecified atom stereocenters. The first-order valence-corrected chi connectivity index (χ1v) is 7.46. The van der Waals surface area contributed by atoms with E-state index in [1.165, 1.54) is 6.07 Å². The molecule has 0 aromatic carbocycles. The topological polar surface area (TPSA) is 71.1 Å². The molecule has 0 bridgehead atoms. The van der Waals surface area contributed by atoms with E-state index < -0.39 is 6.04 Å². The van der Waals surface area contributed by atoms with Crippen LogP contribution in [0.3, 0.4) is 0 Å². The Balaban J connectivity index is 2.68. The summed E-state index contributed by atoms with van der Waals surface area (Å²) >= 11 is 5.89. The number of hydrogen-bond acceptors (Lipinski definition) is 3. The van der Waals surface area contributed by atoms with E-state index in [0.717, 1.165) is 5.69 Å². The van der Waals surface area contributed by atoms with Crippen LogP contribution in [0.15, 0.2) is 12.1 Å². The van der Waals surface area contributed by atoms with Crippen LogP contribution in [-0.4, -0.2) is 29.4 Å². The van der Waals surface area contributed by atoms with Crippen LogP contribution < -0.4 is 10.6 Å². The molecule has 0 aliphatic rings. The van der Waals surface area contributed by atoms with E-state index in [-0.39, 0.29) is 17.0 Å². The number of nitrogens with one attached hydrogen (secondary N) is 2. The molecule has 0 fully saturated rings. The maximum absolute atomic E-state index is 12.1. The molecular formula is C15H22ClN3O2. The summed E-state index contributed by atoms with van der Waals surface area (Å²) in [6.45, 7) is 8.18. The van der Waals surface area contributed by atoms with E-state index in [2.05, 4.69) is 15.6 Å². The largest absolute Gasteiger partial charge is 0.354 e. The molecule has 5 nitrogen and oxygen atoms in total. The third-order valence-electron chi connectivity index (χ3n) is 2.90. The molecule has 1 rings (SSSR count). The average Bonchev–Trinajstić information content (AvgIpc) is 2.43. The van der Waals surface area contributed by atoms with Gasteiger partial charge in [-0.25, -0.2) is 4.98 Å². The van der Waals surface area contributed by atoms with Crippen LogP contribution >= 0.6 is 11.6 Å². The quantitative estimate of drug-likeness (QED) is 0.791. The molecular weight excluding hydrogens is 290 g/mol. The number of rotatable bonds is 6. The molecule has 0 saturated heterocycles. The number of pyridine rings is 1. The third kappa shape index (κ3) is 5.71. The molecule has 2 N–H and O–H groups in total. The highest BCUT2D eigenvalue weighted by Crippen LogP contribution is 2.11. The van der Waals surface area contributed by atoms with Gasteiger partial charge in [-0.1, -0.05) is 32.4 Å². The Morgan fingerprint density at radius 3 is 2.52 bits per heavy atom. The van der Waals surface area contributed by atoms with Crippen molar-refractivity contribution in [3.05, 3.63) is 28.5 Å². The highest BCUT2D eigenvalue weighted by molar-refractivity contribution is 6.29. The monoisotopic (exact) mass is 311 g/mol. The summed E-state index contributed by atoms with van der Waals surface area (Å²) in [6, 6.07) is 2.57. The predicted molar refractivity (Wildman–Crippen MR) is 83.4 cm³/mol. The van der Waals surface area contributed by atoms with E-state index in [4.69, 9.17) is 11.6 Å². The van der Waals surface area contributed by atoms with Gasteiger partial charge in [0.25, 0.3) is 5.91 Å². The van der Waals surface area contributed by atoms with Gasteiger partial charge in [0, 0.05) is 17.8 Å². The average molecular weight is 312 g/mol. The number of hydrogen-bond donors (Lipinski definition) is 2. The maximum Gasteiger partial charge on any atom is 0.252 e. The Hall–Kier alpha value is -1.62. The normalized spacial score (nSPS) is 12.1. The molecule has 1 aromatic rings. The summed E-state index contributed by atoms with van der Waals surface area (Å²) < 4.78 is 0. The molecule has 21 heavy (non-hydrogen) atoms. The number of amides is 2. The summed E-state index contributed by atoms with van der Waals surface area (Å²) in [5.41, 5.74) is 1.15. The standard InChI is InChI=1S/C15H22ClN3O2/c1-5-12-6-11(7-13(16)19-12)15(21)18-10(4)14(20)17-8-9(2)3/h6-7,9-10H,5,8H2,1-4H3,(H,17,20)(H,18,21). The lowest BCUT2D eigenvalue weighted by Gasteiger charge is -2.15. The van der Waals surface area contributed by atoms with Gasteiger partial charge < -0.3 is 10.6 Å². The van der Waals surface area contributed by atoms with Crippen LogP contribution in [0.2, 0.25) is 5.15 Å². The predicted octanol–water partition coefficient (Wildman–Crippen LogP) is 2.19. The van der Waals surface area contributed by atoms with Gasteiger partial charge in [-0.05, 0) is 31.4 Å². The van der Waals surface area contributed by atoms with Gasteiger partial charge in [-0.2, -0.15) is 0 Å². The number of aromatic nitrogens is 1. The second kappa shape index (κ2) is 7.98. The summed E-state index contributed by atoms with van der Waals surface area (Å²) in [7, 11) is 0. The SMILES string of the molecule is CCc1cc(C(=O)NC(C)C(=O)NCC(C)C)cc(Cl)n1. The van der Waals surface area contributed by atoms with Crippen molar-refractivity contribution >= 4 is 23.4 Å². The van der Waals surface area contributed by atoms with Crippen LogP contribution in [0.1, 0.15) is 43.7 Å². The van der Waals surface area contributed by atoms with Gasteiger partial charge in [0.05, 0.1) is 0 Å². The first kappa shape index (κ1) is 17.4. The molecule has 0 saturated carbocycles. The lowest BCUT2D eigenvalue weighted by atomic mass is 10.1. The van der Waals surface area contributed by atoms with Crippen LogP contribution in [0.5, 0.6) is 0 Å². The molecule has 0 aliphatic carbocycles. The van der Waals surface area contributed by atoms with Crippen molar-refractivity contribution in [1.82, 2.24) is 15.6 Å². The lowest BCUT2D eigenvalue weighted by molar-refractivity contribution is -0.122. The molecule has 0 spiro atoms. The van der Waals surface area contributed by atoms with Gasteiger partial charge in [0.1, 0.15) is 11.2 Å². The van der Waals surface area contributed by atoms with Gasteiger partial charge in [0.2, 0.25) is 5.91 Å². The first-order chi connectivity index (χ1) is 9.83. The second-order valence-corrected chi connectivity index (χ2v) is 5.74. The van der Waals surface area contributed by atoms with Crippen molar-refractivity contribution in [1.29, 1.82) is 0 Å². The van der Waals surface area contributed by atoms with Crippen molar-refractivity contribution in [3.8, 4) is 0 Å². The van der Waals surface area contributed by atoms with Crippen LogP contribution in [0.4, 0.5) is 0 Å². The zero-order valence-electron chi connectivity index (χ0n) is 12.9. The van der Waals surface area contributed by atoms with E-state index in [9.17, 15) is 9.59 Å². The summed E-state index contributed by atoms with van der Waals surface area (Å²) in [6.07, 6.45) is 0.686. The second-order valence-electron chi connectivity index (χ2n) is 5.36. The number of carbonyl (C=O) groups excluding carboxylic acids is 2. The zero-order valence-corrected chi connectivity index (χ0v) is 13.6. The van der Waals surface area contributed by atoms with Gasteiger partial charge in [0.15, 0.2) is 0 Å². The molecule has 0 radical (unpaired) electrons. The Bertz CT molecular complexity index is 518. The van der Waals surface area contributed by atoms with Gasteiger partial charge in [-0.3, -0.25) is 9.59 Å². The molecule has 6 heteroatoms. The molecule has 1 heterocycles. The van der Waals surface area contributed by atoms with E-state index in [1.807, 2.05) is 20.8 Å². The van der Waals surface area contributed by atoms with Crippen molar-refractivity contribution in [2.75, 3.05) is 6.54 Å². The Morgan fingerprint density at radius 2 is 1.95 bits per heavy atom. The molecule has 0 aliphatic heterocycles. The first-order valence-electron chi connectivity index (χ1n) is 7.08. The van der Waals surface area contributed by atoms with E-state index in [1.54, 1.807) is 13.0 Å². The van der Waals surface area contributed by atoms with Crippen LogP contribution in [0, 0.1) is 5.92 Å². The highest BCUT2D eigenvalue weighted by atomic mass is 35.5. The number of nitrogens with zero attached hydrogens (tertiary/aromatic N) is 1. The van der Waals surface area contributed by atoms with Crippen molar-refractivity contribution in [2.45, 2.75) is 40.2 Å². The third-order valence-corrected chi connectivity index (χ3v) is 3.09. The van der Waals surface area contributed by atoms with Crippen molar-refractivity contribution in [3.63, 3.8) is 0 Å². The molecule has 1 atom stereocenters.